The van der Waals surface area contributed by atoms with Crippen molar-refractivity contribution in [3.8, 4) is 0 Å². The minimum atomic E-state index is -0.630. The first-order valence-electron chi connectivity index (χ1n) is 5.62. The molecule has 1 aromatic rings. The maximum atomic E-state index is 10.6. The molecule has 0 spiro atoms. The van der Waals surface area contributed by atoms with Crippen LogP contribution in [0.25, 0.3) is 0 Å². The molecule has 3 nitrogen and oxygen atoms in total. The Hall–Kier alpha value is -1.61. The summed E-state index contributed by atoms with van der Waals surface area (Å²) < 4.78 is 4.78. The lowest BCUT2D eigenvalue weighted by Gasteiger charge is -2.13. The van der Waals surface area contributed by atoms with E-state index >= 15 is 0 Å². The van der Waals surface area contributed by atoms with E-state index in [0.29, 0.717) is 12.0 Å². The Labute approximate surface area is 102 Å². The van der Waals surface area contributed by atoms with Crippen LogP contribution < -0.4 is 0 Å². The molecule has 1 N–H and O–H groups in total. The zero-order valence-corrected chi connectivity index (χ0v) is 10.1. The third-order valence-electron chi connectivity index (χ3n) is 2.48. The van der Waals surface area contributed by atoms with E-state index in [2.05, 4.69) is 6.58 Å². The van der Waals surface area contributed by atoms with Crippen LogP contribution in [0.1, 0.15) is 18.9 Å². The monoisotopic (exact) mass is 234 g/mol. The third kappa shape index (κ3) is 5.31. The molecule has 0 aromatic heterocycles. The van der Waals surface area contributed by atoms with E-state index in [9.17, 15) is 9.90 Å². The lowest BCUT2D eigenvalue weighted by atomic mass is 10.0. The van der Waals surface area contributed by atoms with Gasteiger partial charge in [-0.15, -0.1) is 0 Å². The zero-order valence-electron chi connectivity index (χ0n) is 10.1. The number of hydrogen-bond donors (Lipinski definition) is 1. The summed E-state index contributed by atoms with van der Waals surface area (Å²) in [6.45, 7) is 5.14. The molecule has 0 bridgehead atoms. The third-order valence-corrected chi connectivity index (χ3v) is 2.48. The number of aliphatic hydroxyl groups is 1. The highest BCUT2D eigenvalue weighted by Crippen LogP contribution is 2.10. The van der Waals surface area contributed by atoms with Gasteiger partial charge in [-0.3, -0.25) is 4.79 Å². The molecule has 1 rings (SSSR count). The first kappa shape index (κ1) is 13.5. The van der Waals surface area contributed by atoms with Crippen molar-refractivity contribution in [3.63, 3.8) is 0 Å². The van der Waals surface area contributed by atoms with Gasteiger partial charge in [0.25, 0.3) is 0 Å². The summed E-state index contributed by atoms with van der Waals surface area (Å²) in [6.07, 6.45) is 0.736. The van der Waals surface area contributed by atoms with E-state index in [0.717, 1.165) is 6.42 Å². The van der Waals surface area contributed by atoms with Crippen LogP contribution in [0, 0.1) is 0 Å². The van der Waals surface area contributed by atoms with Crippen LogP contribution in [0.4, 0.5) is 0 Å². The molecule has 0 aliphatic rings. The van der Waals surface area contributed by atoms with Gasteiger partial charge in [-0.1, -0.05) is 36.9 Å². The molecule has 92 valence electrons. The molecule has 0 saturated heterocycles. The van der Waals surface area contributed by atoms with Crippen molar-refractivity contribution in [3.05, 3.63) is 48.0 Å². The fraction of sp³-hybridized carbons (Fsp3) is 0.357. The molecular formula is C14H18O3. The fourth-order valence-corrected chi connectivity index (χ4v) is 1.44. The maximum absolute atomic E-state index is 10.6. The molecule has 0 radical (unpaired) electrons. The predicted molar refractivity (Wildman–Crippen MR) is 66.5 cm³/mol. The number of carbonyl (C=O) groups is 1. The second kappa shape index (κ2) is 6.86. The van der Waals surface area contributed by atoms with Crippen molar-refractivity contribution in [1.82, 2.24) is 0 Å². The van der Waals surface area contributed by atoms with Crippen molar-refractivity contribution in [2.24, 2.45) is 0 Å². The van der Waals surface area contributed by atoms with Gasteiger partial charge in [0.05, 0.1) is 6.10 Å². The molecule has 0 aliphatic heterocycles. The topological polar surface area (TPSA) is 46.5 Å². The number of esters is 1. The van der Waals surface area contributed by atoms with Gasteiger partial charge >= 0.3 is 5.97 Å². The highest BCUT2D eigenvalue weighted by molar-refractivity contribution is 5.66. The number of aliphatic hydroxyl groups excluding tert-OH is 1. The van der Waals surface area contributed by atoms with Gasteiger partial charge in [0, 0.05) is 6.92 Å². The van der Waals surface area contributed by atoms with E-state index in [4.69, 9.17) is 4.74 Å². The fourth-order valence-electron chi connectivity index (χ4n) is 1.44. The first-order valence-corrected chi connectivity index (χ1v) is 5.62. The molecule has 1 unspecified atom stereocenters. The van der Waals surface area contributed by atoms with Crippen molar-refractivity contribution >= 4 is 5.97 Å². The van der Waals surface area contributed by atoms with Gasteiger partial charge in [-0.05, 0) is 24.0 Å². The average Bonchev–Trinajstić information content (AvgIpc) is 2.34. The number of rotatable bonds is 6. The molecule has 0 fully saturated rings. The van der Waals surface area contributed by atoms with Crippen LogP contribution in [0.15, 0.2) is 42.5 Å². The summed E-state index contributed by atoms with van der Waals surface area (Å²) >= 11 is 0. The molecule has 0 aliphatic carbocycles. The number of ether oxygens (including phenoxy) is 1. The van der Waals surface area contributed by atoms with E-state index < -0.39 is 6.10 Å². The SMILES string of the molecule is C=C(COC(C)=O)C(O)CCc1ccccc1. The predicted octanol–water partition coefficient (Wildman–Crippen LogP) is 2.10. The summed E-state index contributed by atoms with van der Waals surface area (Å²) in [4.78, 5) is 10.6. The van der Waals surface area contributed by atoms with Crippen LogP contribution in [-0.2, 0) is 16.0 Å². The van der Waals surface area contributed by atoms with Crippen LogP contribution in [0.3, 0.4) is 0 Å². The number of carbonyl (C=O) groups excluding carboxylic acids is 1. The van der Waals surface area contributed by atoms with E-state index in [1.807, 2.05) is 30.3 Å². The van der Waals surface area contributed by atoms with Gasteiger partial charge in [0.15, 0.2) is 0 Å². The highest BCUT2D eigenvalue weighted by atomic mass is 16.5. The molecular weight excluding hydrogens is 216 g/mol. The Bertz CT molecular complexity index is 370. The van der Waals surface area contributed by atoms with Crippen LogP contribution in [0.5, 0.6) is 0 Å². The van der Waals surface area contributed by atoms with E-state index in [1.165, 1.54) is 12.5 Å². The Morgan fingerprint density at radius 1 is 1.41 bits per heavy atom. The van der Waals surface area contributed by atoms with Crippen molar-refractivity contribution in [2.75, 3.05) is 6.61 Å². The molecule has 0 saturated carbocycles. The van der Waals surface area contributed by atoms with Crippen molar-refractivity contribution < 1.29 is 14.6 Å². The second-order valence-corrected chi connectivity index (χ2v) is 3.98. The van der Waals surface area contributed by atoms with Crippen LogP contribution >= 0.6 is 0 Å². The summed E-state index contributed by atoms with van der Waals surface area (Å²) in [7, 11) is 0. The largest absolute Gasteiger partial charge is 0.461 e. The van der Waals surface area contributed by atoms with Crippen molar-refractivity contribution in [2.45, 2.75) is 25.9 Å². The summed E-state index contributed by atoms with van der Waals surface area (Å²) in [5, 5.41) is 9.80. The summed E-state index contributed by atoms with van der Waals surface area (Å²) in [6, 6.07) is 9.92. The molecule has 1 aromatic carbocycles. The Morgan fingerprint density at radius 3 is 2.65 bits per heavy atom. The average molecular weight is 234 g/mol. The van der Waals surface area contributed by atoms with Gasteiger partial charge in [0.1, 0.15) is 6.61 Å². The molecule has 3 heteroatoms. The quantitative estimate of drug-likeness (QED) is 0.605. The molecule has 1 atom stereocenters. The molecule has 0 amide bonds. The van der Waals surface area contributed by atoms with Gasteiger partial charge in [-0.2, -0.15) is 0 Å². The number of benzene rings is 1. The van der Waals surface area contributed by atoms with Gasteiger partial charge in [0.2, 0.25) is 0 Å². The van der Waals surface area contributed by atoms with E-state index in [-0.39, 0.29) is 12.6 Å². The Balaban J connectivity index is 2.31. The Morgan fingerprint density at radius 2 is 2.06 bits per heavy atom. The number of hydrogen-bond acceptors (Lipinski definition) is 3. The zero-order chi connectivity index (χ0) is 12.7. The first-order chi connectivity index (χ1) is 8.09. The maximum Gasteiger partial charge on any atom is 0.302 e. The lowest BCUT2D eigenvalue weighted by Crippen LogP contribution is -2.16. The Kier molecular flexibility index (Phi) is 5.43. The molecule has 0 heterocycles. The van der Waals surface area contributed by atoms with E-state index in [1.54, 1.807) is 0 Å². The van der Waals surface area contributed by atoms with Gasteiger partial charge < -0.3 is 9.84 Å². The lowest BCUT2D eigenvalue weighted by molar-refractivity contribution is -0.140. The van der Waals surface area contributed by atoms with Crippen molar-refractivity contribution in [1.29, 1.82) is 0 Å². The molecule has 17 heavy (non-hydrogen) atoms. The van der Waals surface area contributed by atoms with Gasteiger partial charge in [-0.25, -0.2) is 0 Å². The standard InChI is InChI=1S/C14H18O3/c1-11(10-17-12(2)15)14(16)9-8-13-6-4-3-5-7-13/h3-7,14,16H,1,8-10H2,2H3. The van der Waals surface area contributed by atoms with Crippen LogP contribution in [0.2, 0.25) is 0 Å². The smallest absolute Gasteiger partial charge is 0.302 e. The highest BCUT2D eigenvalue weighted by Gasteiger charge is 2.10. The minimum Gasteiger partial charge on any atom is -0.461 e. The number of aryl methyl sites for hydroxylation is 1. The summed E-state index contributed by atoms with van der Waals surface area (Å²) in [5.74, 6) is -0.360. The summed E-state index contributed by atoms with van der Waals surface area (Å²) in [5.41, 5.74) is 1.71. The minimum absolute atomic E-state index is 0.0886. The second-order valence-electron chi connectivity index (χ2n) is 3.98. The van der Waals surface area contributed by atoms with Crippen LogP contribution in [-0.4, -0.2) is 23.8 Å². The normalized spacial score (nSPS) is 11.9.